The molecule has 2 aliphatic heterocycles. The summed E-state index contributed by atoms with van der Waals surface area (Å²) in [6.45, 7) is 5.42. The van der Waals surface area contributed by atoms with Crippen molar-refractivity contribution >= 4 is 17.7 Å². The second-order valence-corrected chi connectivity index (χ2v) is 8.17. The predicted molar refractivity (Wildman–Crippen MR) is 105 cm³/mol. The van der Waals surface area contributed by atoms with Gasteiger partial charge in [-0.3, -0.25) is 4.79 Å². The van der Waals surface area contributed by atoms with Gasteiger partial charge in [-0.05, 0) is 62.2 Å². The summed E-state index contributed by atoms with van der Waals surface area (Å²) in [5.74, 6) is 0.199. The van der Waals surface area contributed by atoms with Crippen LogP contribution in [0.4, 0.5) is 0 Å². The van der Waals surface area contributed by atoms with E-state index in [1.165, 1.54) is 0 Å². The van der Waals surface area contributed by atoms with Gasteiger partial charge in [0.2, 0.25) is 0 Å². The van der Waals surface area contributed by atoms with Crippen LogP contribution in [0.25, 0.3) is 0 Å². The zero-order valence-electron chi connectivity index (χ0n) is 15.2. The molecule has 136 valence electrons. The first-order valence-electron chi connectivity index (χ1n) is 9.48. The van der Waals surface area contributed by atoms with E-state index in [1.54, 1.807) is 18.0 Å². The SMILES string of the molecule is CCN1CCC2CCC(C1)N2C(=O)c1ccc(Sc2ccccn2)cc1. The number of hydrogen-bond acceptors (Lipinski definition) is 4. The number of rotatable bonds is 4. The molecule has 26 heavy (non-hydrogen) atoms. The Labute approximate surface area is 159 Å². The van der Waals surface area contributed by atoms with Crippen LogP contribution in [0, 0.1) is 0 Å². The van der Waals surface area contributed by atoms with Gasteiger partial charge in [0.1, 0.15) is 5.03 Å². The largest absolute Gasteiger partial charge is 0.331 e. The molecular formula is C21H25N3OS. The first kappa shape index (κ1) is 17.6. The fourth-order valence-electron chi connectivity index (χ4n) is 4.11. The fourth-order valence-corrected chi connectivity index (χ4v) is 4.88. The summed E-state index contributed by atoms with van der Waals surface area (Å²) in [5.41, 5.74) is 0.803. The van der Waals surface area contributed by atoms with E-state index in [0.29, 0.717) is 12.1 Å². The van der Waals surface area contributed by atoms with Gasteiger partial charge in [0.05, 0.1) is 0 Å². The first-order valence-corrected chi connectivity index (χ1v) is 10.3. The number of aromatic nitrogens is 1. The Morgan fingerprint density at radius 1 is 1.12 bits per heavy atom. The summed E-state index contributed by atoms with van der Waals surface area (Å²) >= 11 is 1.62. The van der Waals surface area contributed by atoms with Gasteiger partial charge in [-0.25, -0.2) is 4.98 Å². The Kier molecular flexibility index (Phi) is 5.27. The molecule has 0 aliphatic carbocycles. The van der Waals surface area contributed by atoms with E-state index in [9.17, 15) is 4.79 Å². The highest BCUT2D eigenvalue weighted by Crippen LogP contribution is 2.32. The minimum absolute atomic E-state index is 0.199. The Balaban J connectivity index is 1.48. The van der Waals surface area contributed by atoms with Gasteiger partial charge in [0.25, 0.3) is 5.91 Å². The van der Waals surface area contributed by atoms with E-state index in [2.05, 4.69) is 21.7 Å². The molecule has 0 N–H and O–H groups in total. The van der Waals surface area contributed by atoms with Gasteiger partial charge < -0.3 is 9.80 Å². The summed E-state index contributed by atoms with van der Waals surface area (Å²) < 4.78 is 0. The van der Waals surface area contributed by atoms with Crippen LogP contribution in [0.1, 0.15) is 36.5 Å². The number of amides is 1. The van der Waals surface area contributed by atoms with Crippen molar-refractivity contribution in [3.63, 3.8) is 0 Å². The lowest BCUT2D eigenvalue weighted by molar-refractivity contribution is 0.0671. The van der Waals surface area contributed by atoms with Gasteiger partial charge in [-0.1, -0.05) is 24.8 Å². The molecule has 1 amide bonds. The summed E-state index contributed by atoms with van der Waals surface area (Å²) in [6.07, 6.45) is 5.20. The maximum absolute atomic E-state index is 13.2. The van der Waals surface area contributed by atoms with Crippen LogP contribution >= 0.6 is 11.8 Å². The Morgan fingerprint density at radius 2 is 1.92 bits per heavy atom. The summed E-state index contributed by atoms with van der Waals surface area (Å²) in [4.78, 5) is 23.3. The van der Waals surface area contributed by atoms with E-state index in [4.69, 9.17) is 0 Å². The second kappa shape index (κ2) is 7.80. The Bertz CT molecular complexity index is 750. The summed E-state index contributed by atoms with van der Waals surface area (Å²) in [7, 11) is 0. The van der Waals surface area contributed by atoms with Gasteiger partial charge in [-0.15, -0.1) is 0 Å². The van der Waals surface area contributed by atoms with E-state index in [-0.39, 0.29) is 5.91 Å². The monoisotopic (exact) mass is 367 g/mol. The number of pyridine rings is 1. The second-order valence-electron chi connectivity index (χ2n) is 7.07. The van der Waals surface area contributed by atoms with Crippen molar-refractivity contribution in [2.75, 3.05) is 19.6 Å². The minimum atomic E-state index is 0.199. The van der Waals surface area contributed by atoms with Crippen molar-refractivity contribution in [2.45, 2.75) is 48.2 Å². The lowest BCUT2D eigenvalue weighted by Crippen LogP contribution is -2.43. The van der Waals surface area contributed by atoms with Crippen LogP contribution in [0.15, 0.2) is 58.6 Å². The third-order valence-electron chi connectivity index (χ3n) is 5.51. The van der Waals surface area contributed by atoms with Crippen molar-refractivity contribution in [3.05, 3.63) is 54.2 Å². The molecule has 5 heteroatoms. The molecule has 3 heterocycles. The lowest BCUT2D eigenvalue weighted by Gasteiger charge is -2.29. The molecule has 0 spiro atoms. The average molecular weight is 368 g/mol. The minimum Gasteiger partial charge on any atom is -0.331 e. The predicted octanol–water partition coefficient (Wildman–Crippen LogP) is 3.93. The third kappa shape index (κ3) is 3.64. The third-order valence-corrected chi connectivity index (χ3v) is 6.47. The smallest absolute Gasteiger partial charge is 0.254 e. The average Bonchev–Trinajstić information content (AvgIpc) is 2.97. The quantitative estimate of drug-likeness (QED) is 0.820. The zero-order valence-corrected chi connectivity index (χ0v) is 16.0. The molecule has 4 nitrogen and oxygen atoms in total. The standard InChI is InChI=1S/C21H25N3OS/c1-2-23-14-12-17-8-9-18(15-23)24(17)21(25)16-6-10-19(11-7-16)26-20-5-3-4-13-22-20/h3-7,10-11,13,17-18H,2,8-9,12,14-15H2,1H3. The van der Waals surface area contributed by atoms with Crippen molar-refractivity contribution in [2.24, 2.45) is 0 Å². The van der Waals surface area contributed by atoms with E-state index in [1.807, 2.05) is 42.5 Å². The van der Waals surface area contributed by atoms with Crippen LogP contribution in [-0.4, -0.2) is 52.4 Å². The maximum Gasteiger partial charge on any atom is 0.254 e. The molecule has 2 saturated heterocycles. The maximum atomic E-state index is 13.2. The molecule has 4 rings (SSSR count). The molecular weight excluding hydrogens is 342 g/mol. The molecule has 0 saturated carbocycles. The zero-order chi connectivity index (χ0) is 17.9. The van der Waals surface area contributed by atoms with E-state index in [0.717, 1.165) is 54.4 Å². The molecule has 2 unspecified atom stereocenters. The van der Waals surface area contributed by atoms with Gasteiger partial charge >= 0.3 is 0 Å². The number of fused-ring (bicyclic) bond motifs is 2. The van der Waals surface area contributed by atoms with Crippen molar-refractivity contribution in [1.29, 1.82) is 0 Å². The molecule has 2 atom stereocenters. The molecule has 2 aromatic rings. The first-order chi connectivity index (χ1) is 12.7. The van der Waals surface area contributed by atoms with Crippen LogP contribution < -0.4 is 0 Å². The number of likely N-dealkylation sites (N-methyl/N-ethyl adjacent to an activating group) is 1. The van der Waals surface area contributed by atoms with Gasteiger partial charge in [-0.2, -0.15) is 0 Å². The molecule has 1 aromatic carbocycles. The number of carbonyl (C=O) groups excluding carboxylic acids is 1. The summed E-state index contributed by atoms with van der Waals surface area (Å²) in [5, 5.41) is 0.969. The van der Waals surface area contributed by atoms with Crippen molar-refractivity contribution in [1.82, 2.24) is 14.8 Å². The highest BCUT2D eigenvalue weighted by molar-refractivity contribution is 7.99. The van der Waals surface area contributed by atoms with Gasteiger partial charge in [0.15, 0.2) is 0 Å². The number of hydrogen-bond donors (Lipinski definition) is 0. The number of benzene rings is 1. The molecule has 0 radical (unpaired) electrons. The highest BCUT2D eigenvalue weighted by Gasteiger charge is 2.39. The van der Waals surface area contributed by atoms with E-state index >= 15 is 0 Å². The Hall–Kier alpha value is -1.85. The lowest BCUT2D eigenvalue weighted by atomic mass is 10.1. The highest BCUT2D eigenvalue weighted by atomic mass is 32.2. The normalized spacial score (nSPS) is 23.0. The van der Waals surface area contributed by atoms with E-state index < -0.39 is 0 Å². The Morgan fingerprint density at radius 3 is 2.65 bits per heavy atom. The fraction of sp³-hybridized carbons (Fsp3) is 0.429. The van der Waals surface area contributed by atoms with Crippen LogP contribution in [0.2, 0.25) is 0 Å². The van der Waals surface area contributed by atoms with Crippen LogP contribution in [0.5, 0.6) is 0 Å². The number of nitrogens with zero attached hydrogens (tertiary/aromatic N) is 3. The van der Waals surface area contributed by atoms with Crippen LogP contribution in [0.3, 0.4) is 0 Å². The summed E-state index contributed by atoms with van der Waals surface area (Å²) in [6, 6.07) is 14.7. The number of likely N-dealkylation sites (tertiary alicyclic amines) is 1. The van der Waals surface area contributed by atoms with Gasteiger partial charge in [0, 0.05) is 41.8 Å². The van der Waals surface area contributed by atoms with Crippen LogP contribution in [-0.2, 0) is 0 Å². The topological polar surface area (TPSA) is 36.4 Å². The molecule has 2 aliphatic rings. The molecule has 1 aromatic heterocycles. The van der Waals surface area contributed by atoms with Crippen molar-refractivity contribution < 1.29 is 4.79 Å². The van der Waals surface area contributed by atoms with Crippen molar-refractivity contribution in [3.8, 4) is 0 Å². The molecule has 2 bridgehead atoms. The number of carbonyl (C=O) groups is 1. The molecule has 2 fully saturated rings.